The van der Waals surface area contributed by atoms with Gasteiger partial charge in [0.05, 0.1) is 19.3 Å². The Morgan fingerprint density at radius 1 is 1.20 bits per heavy atom. The van der Waals surface area contributed by atoms with Crippen molar-refractivity contribution in [1.82, 2.24) is 10.2 Å². The van der Waals surface area contributed by atoms with Gasteiger partial charge in [0, 0.05) is 37.8 Å². The summed E-state index contributed by atoms with van der Waals surface area (Å²) < 4.78 is 11.8. The second kappa shape index (κ2) is 12.5. The van der Waals surface area contributed by atoms with Gasteiger partial charge in [-0.15, -0.1) is 24.0 Å². The molecule has 2 aliphatic rings. The molecule has 2 saturated heterocycles. The fraction of sp³-hybridized carbons (Fsp3) is 0.636. The molecule has 2 N–H and O–H groups in total. The molecule has 2 aliphatic heterocycles. The summed E-state index contributed by atoms with van der Waals surface area (Å²) in [6.07, 6.45) is 2.51. The first kappa shape index (κ1) is 24.9. The molecular weight excluding hydrogens is 495 g/mol. The molecule has 0 aromatic heterocycles. The third-order valence-corrected chi connectivity index (χ3v) is 5.26. The van der Waals surface area contributed by atoms with E-state index >= 15 is 0 Å². The maximum atomic E-state index is 11.8. The van der Waals surface area contributed by atoms with Crippen LogP contribution in [0.15, 0.2) is 29.3 Å². The zero-order valence-corrected chi connectivity index (χ0v) is 20.6. The highest BCUT2D eigenvalue weighted by molar-refractivity contribution is 14.0. The molecule has 168 valence electrons. The number of rotatable bonds is 6. The predicted molar refractivity (Wildman–Crippen MR) is 130 cm³/mol. The summed E-state index contributed by atoms with van der Waals surface area (Å²) in [6.45, 7) is 10.4. The first-order chi connectivity index (χ1) is 14.1. The summed E-state index contributed by atoms with van der Waals surface area (Å²) in [7, 11) is 0. The number of ether oxygens (including phenoxy) is 2. The topological polar surface area (TPSA) is 75.2 Å². The monoisotopic (exact) mass is 530 g/mol. The van der Waals surface area contributed by atoms with Gasteiger partial charge in [-0.2, -0.15) is 0 Å². The lowest BCUT2D eigenvalue weighted by atomic mass is 10.1. The highest BCUT2D eigenvalue weighted by Crippen LogP contribution is 2.21. The van der Waals surface area contributed by atoms with Gasteiger partial charge in [0.1, 0.15) is 6.10 Å². The van der Waals surface area contributed by atoms with E-state index in [9.17, 15) is 4.79 Å². The van der Waals surface area contributed by atoms with Gasteiger partial charge in [-0.3, -0.25) is 4.79 Å². The van der Waals surface area contributed by atoms with Crippen LogP contribution in [0.5, 0.6) is 0 Å². The van der Waals surface area contributed by atoms with Crippen molar-refractivity contribution >= 4 is 41.5 Å². The molecule has 2 fully saturated rings. The molecule has 1 aromatic carbocycles. The van der Waals surface area contributed by atoms with Gasteiger partial charge in [-0.25, -0.2) is 4.99 Å². The molecule has 8 heteroatoms. The minimum absolute atomic E-state index is 0. The average Bonchev–Trinajstić information content (AvgIpc) is 3.27. The summed E-state index contributed by atoms with van der Waals surface area (Å²) in [6, 6.07) is 7.88. The molecule has 2 heterocycles. The van der Waals surface area contributed by atoms with Gasteiger partial charge < -0.3 is 25.0 Å². The number of amides is 1. The Hall–Kier alpha value is -1.39. The zero-order chi connectivity index (χ0) is 20.6. The van der Waals surface area contributed by atoms with E-state index in [1.165, 1.54) is 0 Å². The fourth-order valence-corrected chi connectivity index (χ4v) is 3.56. The lowest BCUT2D eigenvalue weighted by molar-refractivity contribution is -0.118. The molecule has 0 bridgehead atoms. The number of hydrogen-bond acceptors (Lipinski definition) is 4. The van der Waals surface area contributed by atoms with Crippen LogP contribution in [0, 0.1) is 5.92 Å². The largest absolute Gasteiger partial charge is 0.375 e. The number of benzene rings is 1. The summed E-state index contributed by atoms with van der Waals surface area (Å²) in [5.74, 6) is 0.906. The number of carbonyl (C=O) groups excluding carboxylic acids is 1. The quantitative estimate of drug-likeness (QED) is 0.336. The molecule has 0 aliphatic carbocycles. The second-order valence-corrected chi connectivity index (χ2v) is 7.92. The predicted octanol–water partition coefficient (Wildman–Crippen LogP) is 3.24. The van der Waals surface area contributed by atoms with Crippen LogP contribution < -0.4 is 10.6 Å². The van der Waals surface area contributed by atoms with Crippen LogP contribution in [0.2, 0.25) is 0 Å². The van der Waals surface area contributed by atoms with Crippen LogP contribution >= 0.6 is 24.0 Å². The molecule has 0 radical (unpaired) electrons. The Balaban J connectivity index is 0.00000320. The number of guanidine groups is 1. The van der Waals surface area contributed by atoms with Crippen LogP contribution in [0.1, 0.15) is 39.2 Å². The van der Waals surface area contributed by atoms with Crippen molar-refractivity contribution in [3.63, 3.8) is 0 Å². The zero-order valence-electron chi connectivity index (χ0n) is 18.2. The van der Waals surface area contributed by atoms with Crippen molar-refractivity contribution < 1.29 is 14.3 Å². The van der Waals surface area contributed by atoms with E-state index in [1.807, 2.05) is 38.1 Å². The standard InChI is InChI=1S/C22H34N4O3.HI/c1-4-23-22(26-11-13-29-20(15-26)19-6-5-12-28-19)24-14-17-7-9-18(10-8-17)25-21(27)16(2)3;/h7-10,16,19-20H,4-6,11-15H2,1-3H3,(H,23,24)(H,25,27);1H. The van der Waals surface area contributed by atoms with E-state index in [2.05, 4.69) is 22.5 Å². The van der Waals surface area contributed by atoms with Gasteiger partial charge in [0.15, 0.2) is 5.96 Å². The van der Waals surface area contributed by atoms with E-state index in [1.54, 1.807) is 0 Å². The van der Waals surface area contributed by atoms with E-state index in [4.69, 9.17) is 14.5 Å². The van der Waals surface area contributed by atoms with Crippen LogP contribution in [0.25, 0.3) is 0 Å². The van der Waals surface area contributed by atoms with Crippen LogP contribution in [0.3, 0.4) is 0 Å². The van der Waals surface area contributed by atoms with Gasteiger partial charge >= 0.3 is 0 Å². The van der Waals surface area contributed by atoms with Crippen LogP contribution in [0.4, 0.5) is 5.69 Å². The molecule has 3 rings (SSSR count). The third-order valence-electron chi connectivity index (χ3n) is 5.26. The lowest BCUT2D eigenvalue weighted by Crippen LogP contribution is -2.53. The molecule has 1 amide bonds. The number of halogens is 1. The normalized spacial score (nSPS) is 22.0. The molecule has 0 spiro atoms. The first-order valence-electron chi connectivity index (χ1n) is 10.7. The molecule has 0 saturated carbocycles. The van der Waals surface area contributed by atoms with Crippen LogP contribution in [-0.2, 0) is 20.8 Å². The number of aliphatic imine (C=N–C) groups is 1. The first-order valence-corrected chi connectivity index (χ1v) is 10.7. The van der Waals surface area contributed by atoms with Crippen molar-refractivity contribution in [3.8, 4) is 0 Å². The maximum Gasteiger partial charge on any atom is 0.226 e. The smallest absolute Gasteiger partial charge is 0.226 e. The summed E-state index contributed by atoms with van der Waals surface area (Å²) in [5.41, 5.74) is 1.92. The Morgan fingerprint density at radius 2 is 1.93 bits per heavy atom. The Labute approximate surface area is 197 Å². The van der Waals surface area contributed by atoms with Gasteiger partial charge in [-0.1, -0.05) is 26.0 Å². The van der Waals surface area contributed by atoms with Gasteiger partial charge in [0.2, 0.25) is 5.91 Å². The number of anilines is 1. The summed E-state index contributed by atoms with van der Waals surface area (Å²) in [5, 5.41) is 6.32. The molecule has 1 aromatic rings. The third kappa shape index (κ3) is 7.09. The van der Waals surface area contributed by atoms with E-state index < -0.39 is 0 Å². The van der Waals surface area contributed by atoms with Crippen molar-refractivity contribution in [1.29, 1.82) is 0 Å². The highest BCUT2D eigenvalue weighted by atomic mass is 127. The van der Waals surface area contributed by atoms with Crippen molar-refractivity contribution in [3.05, 3.63) is 29.8 Å². The number of hydrogen-bond donors (Lipinski definition) is 2. The number of nitrogens with zero attached hydrogens (tertiary/aromatic N) is 2. The SMILES string of the molecule is CCNC(=NCc1ccc(NC(=O)C(C)C)cc1)N1CCOC(C2CCCO2)C1.I. The van der Waals surface area contributed by atoms with E-state index in [-0.39, 0.29) is 48.0 Å². The number of nitrogens with one attached hydrogen (secondary N) is 2. The Kier molecular flexibility index (Phi) is 10.3. The van der Waals surface area contributed by atoms with Crippen LogP contribution in [-0.4, -0.2) is 61.8 Å². The fourth-order valence-electron chi connectivity index (χ4n) is 3.56. The van der Waals surface area contributed by atoms with Gasteiger partial charge in [-0.05, 0) is 37.5 Å². The lowest BCUT2D eigenvalue weighted by Gasteiger charge is -2.37. The molecule has 30 heavy (non-hydrogen) atoms. The molecular formula is C22H35IN4O3. The molecule has 7 nitrogen and oxygen atoms in total. The minimum Gasteiger partial charge on any atom is -0.375 e. The number of morpholine rings is 1. The Bertz CT molecular complexity index is 690. The van der Waals surface area contributed by atoms with E-state index in [0.717, 1.165) is 56.3 Å². The number of carbonyl (C=O) groups is 1. The minimum atomic E-state index is -0.0334. The summed E-state index contributed by atoms with van der Waals surface area (Å²) in [4.78, 5) is 18.9. The average molecular weight is 530 g/mol. The molecule has 2 atom stereocenters. The van der Waals surface area contributed by atoms with Crippen molar-refractivity contribution in [2.24, 2.45) is 10.9 Å². The highest BCUT2D eigenvalue weighted by Gasteiger charge is 2.32. The van der Waals surface area contributed by atoms with E-state index in [0.29, 0.717) is 13.2 Å². The summed E-state index contributed by atoms with van der Waals surface area (Å²) >= 11 is 0. The van der Waals surface area contributed by atoms with Crippen molar-refractivity contribution in [2.75, 3.05) is 38.2 Å². The maximum absolute atomic E-state index is 11.8. The Morgan fingerprint density at radius 3 is 2.57 bits per heavy atom. The van der Waals surface area contributed by atoms with Gasteiger partial charge in [0.25, 0.3) is 0 Å². The second-order valence-electron chi connectivity index (χ2n) is 7.92. The van der Waals surface area contributed by atoms with Crippen molar-refractivity contribution in [2.45, 2.75) is 52.4 Å². The molecule has 2 unspecified atom stereocenters.